The van der Waals surface area contributed by atoms with Crippen LogP contribution in [0.3, 0.4) is 0 Å². The van der Waals surface area contributed by atoms with E-state index in [1.54, 1.807) is 18.2 Å². The Morgan fingerprint density at radius 3 is 3.00 bits per heavy atom. The van der Waals surface area contributed by atoms with E-state index in [-0.39, 0.29) is 11.4 Å². The van der Waals surface area contributed by atoms with Crippen molar-refractivity contribution in [2.45, 2.75) is 0 Å². The van der Waals surface area contributed by atoms with Crippen molar-refractivity contribution >= 4 is 34.5 Å². The molecule has 0 atom stereocenters. The minimum absolute atomic E-state index is 0.249. The summed E-state index contributed by atoms with van der Waals surface area (Å²) in [6.07, 6.45) is 0. The average molecular weight is 252 g/mol. The number of aromatic nitrogens is 2. The monoisotopic (exact) mass is 252 g/mol. The lowest BCUT2D eigenvalue weighted by atomic mass is 10.2. The molecule has 0 aliphatic heterocycles. The molecule has 0 spiro atoms. The highest BCUT2D eigenvalue weighted by molar-refractivity contribution is 7.73. The molecule has 2 heterocycles. The van der Waals surface area contributed by atoms with Crippen LogP contribution in [0.5, 0.6) is 0 Å². The molecule has 3 nitrogen and oxygen atoms in total. The van der Waals surface area contributed by atoms with Crippen molar-refractivity contribution in [2.24, 2.45) is 0 Å². The first-order chi connectivity index (χ1) is 7.74. The second-order valence-electron chi connectivity index (χ2n) is 3.19. The zero-order valence-corrected chi connectivity index (χ0v) is 9.49. The Labute approximate surface area is 98.5 Å². The van der Waals surface area contributed by atoms with Crippen LogP contribution in [0.2, 0.25) is 0 Å². The van der Waals surface area contributed by atoms with E-state index in [0.29, 0.717) is 14.7 Å². The summed E-state index contributed by atoms with van der Waals surface area (Å²) in [6.45, 7) is 0. The van der Waals surface area contributed by atoms with Crippen LogP contribution in [-0.2, 0) is 0 Å². The number of hydrogen-bond acceptors (Lipinski definition) is 4. The first-order valence-corrected chi connectivity index (χ1v) is 5.70. The number of para-hydroxylation sites is 1. The summed E-state index contributed by atoms with van der Waals surface area (Å²) >= 11 is 6.22. The van der Waals surface area contributed by atoms with Crippen LogP contribution in [0.25, 0.3) is 21.7 Å². The minimum Gasteiger partial charge on any atom is -0.450 e. The molecule has 0 amide bonds. The molecule has 0 fully saturated rings. The smallest absolute Gasteiger partial charge is 0.182 e. The number of furan rings is 1. The molecule has 0 unspecified atom stereocenters. The quantitative estimate of drug-likeness (QED) is 0.670. The van der Waals surface area contributed by atoms with Gasteiger partial charge in [-0.15, -0.1) is 0 Å². The highest BCUT2D eigenvalue weighted by atomic mass is 32.1. The van der Waals surface area contributed by atoms with Gasteiger partial charge < -0.3 is 4.42 Å². The van der Waals surface area contributed by atoms with E-state index in [1.165, 1.54) is 17.4 Å². The molecular weight excluding hydrogens is 247 g/mol. The van der Waals surface area contributed by atoms with Crippen molar-refractivity contribution in [1.29, 1.82) is 0 Å². The maximum Gasteiger partial charge on any atom is 0.182 e. The summed E-state index contributed by atoms with van der Waals surface area (Å²) in [5.41, 5.74) is 0.249. The molecule has 0 saturated heterocycles. The molecule has 80 valence electrons. The zero-order valence-electron chi connectivity index (χ0n) is 7.86. The van der Waals surface area contributed by atoms with Gasteiger partial charge in [0, 0.05) is 5.39 Å². The Balaban J connectivity index is 2.26. The first-order valence-electron chi connectivity index (χ1n) is 4.48. The number of nitrogens with one attached hydrogen (secondary N) is 1. The lowest BCUT2D eigenvalue weighted by Crippen LogP contribution is -1.71. The number of H-pyrrole nitrogens is 1. The standard InChI is InChI=1S/C10H5FN2OS2/c11-6-3-1-2-5-4-7(14-8(5)6)9-12-13-10(15)16-9/h1-4H,(H,13,15). The van der Waals surface area contributed by atoms with Crippen LogP contribution in [0.4, 0.5) is 4.39 Å². The lowest BCUT2D eigenvalue weighted by Gasteiger charge is -1.88. The van der Waals surface area contributed by atoms with Crippen molar-refractivity contribution < 1.29 is 8.81 Å². The number of hydrogen-bond donors (Lipinski definition) is 1. The summed E-state index contributed by atoms with van der Waals surface area (Å²) in [6, 6.07) is 6.54. The molecule has 0 aliphatic carbocycles. The molecule has 16 heavy (non-hydrogen) atoms. The molecule has 1 N–H and O–H groups in total. The molecule has 0 aliphatic rings. The third-order valence-corrected chi connectivity index (χ3v) is 3.25. The van der Waals surface area contributed by atoms with Gasteiger partial charge >= 0.3 is 0 Å². The molecular formula is C10H5FN2OS2. The van der Waals surface area contributed by atoms with Gasteiger partial charge in [0.1, 0.15) is 0 Å². The van der Waals surface area contributed by atoms with Gasteiger partial charge in [0.25, 0.3) is 0 Å². The average Bonchev–Trinajstić information content (AvgIpc) is 2.84. The zero-order chi connectivity index (χ0) is 11.1. The molecule has 3 aromatic rings. The number of fused-ring (bicyclic) bond motifs is 1. The largest absolute Gasteiger partial charge is 0.450 e. The van der Waals surface area contributed by atoms with E-state index < -0.39 is 0 Å². The van der Waals surface area contributed by atoms with E-state index in [0.717, 1.165) is 5.39 Å². The highest BCUT2D eigenvalue weighted by Crippen LogP contribution is 2.30. The molecule has 0 saturated carbocycles. The SMILES string of the molecule is Fc1cccc2cc(-c3n[nH]c(=S)s3)oc12. The third kappa shape index (κ3) is 1.46. The Kier molecular flexibility index (Phi) is 2.12. The fraction of sp³-hybridized carbons (Fsp3) is 0. The van der Waals surface area contributed by atoms with Gasteiger partial charge in [-0.05, 0) is 24.4 Å². The summed E-state index contributed by atoms with van der Waals surface area (Å²) in [5, 5.41) is 7.98. The fourth-order valence-corrected chi connectivity index (χ4v) is 2.31. The molecule has 2 aromatic heterocycles. The van der Waals surface area contributed by atoms with Gasteiger partial charge in [-0.2, -0.15) is 5.10 Å². The molecule has 0 bridgehead atoms. The van der Waals surface area contributed by atoms with Gasteiger partial charge in [-0.3, -0.25) is 5.10 Å². The van der Waals surface area contributed by atoms with E-state index in [9.17, 15) is 4.39 Å². The van der Waals surface area contributed by atoms with Gasteiger partial charge in [-0.25, -0.2) is 4.39 Å². The number of aromatic amines is 1. The second kappa shape index (κ2) is 3.50. The predicted octanol–water partition coefficient (Wildman–Crippen LogP) is 3.75. The summed E-state index contributed by atoms with van der Waals surface area (Å²) < 4.78 is 19.4. The Bertz CT molecular complexity index is 713. The normalized spacial score (nSPS) is 11.1. The van der Waals surface area contributed by atoms with Crippen LogP contribution in [-0.4, -0.2) is 10.2 Å². The van der Waals surface area contributed by atoms with Gasteiger partial charge in [0.05, 0.1) is 0 Å². The maximum atomic E-state index is 13.4. The molecule has 6 heteroatoms. The van der Waals surface area contributed by atoms with Gasteiger partial charge in [0.15, 0.2) is 26.1 Å². The summed E-state index contributed by atoms with van der Waals surface area (Å²) in [5.74, 6) is 0.153. The van der Waals surface area contributed by atoms with Gasteiger partial charge in [0.2, 0.25) is 0 Å². The summed E-state index contributed by atoms with van der Waals surface area (Å²) in [4.78, 5) is 0. The van der Waals surface area contributed by atoms with Crippen molar-refractivity contribution in [1.82, 2.24) is 10.2 Å². The Morgan fingerprint density at radius 2 is 2.31 bits per heavy atom. The van der Waals surface area contributed by atoms with Crippen LogP contribution < -0.4 is 0 Å². The minimum atomic E-state index is -0.372. The maximum absolute atomic E-state index is 13.4. The molecule has 1 aromatic carbocycles. The van der Waals surface area contributed by atoms with Crippen LogP contribution >= 0.6 is 23.6 Å². The molecule has 0 radical (unpaired) electrons. The van der Waals surface area contributed by atoms with E-state index >= 15 is 0 Å². The number of rotatable bonds is 1. The van der Waals surface area contributed by atoms with Crippen LogP contribution in [0, 0.1) is 9.77 Å². The number of nitrogens with zero attached hydrogens (tertiary/aromatic N) is 1. The molecule has 3 rings (SSSR count). The van der Waals surface area contributed by atoms with E-state index in [2.05, 4.69) is 10.2 Å². The van der Waals surface area contributed by atoms with E-state index in [1.807, 2.05) is 0 Å². The highest BCUT2D eigenvalue weighted by Gasteiger charge is 2.11. The Hall–Kier alpha value is -1.53. The van der Waals surface area contributed by atoms with Crippen molar-refractivity contribution in [2.75, 3.05) is 0 Å². The van der Waals surface area contributed by atoms with Crippen LogP contribution in [0.15, 0.2) is 28.7 Å². The van der Waals surface area contributed by atoms with E-state index in [4.69, 9.17) is 16.6 Å². The predicted molar refractivity (Wildman–Crippen MR) is 62.5 cm³/mol. The van der Waals surface area contributed by atoms with Crippen LogP contribution in [0.1, 0.15) is 0 Å². The fourth-order valence-electron chi connectivity index (χ4n) is 1.47. The second-order valence-corrected chi connectivity index (χ2v) is 4.85. The topological polar surface area (TPSA) is 41.8 Å². The summed E-state index contributed by atoms with van der Waals surface area (Å²) in [7, 11) is 0. The first kappa shape index (κ1) is 9.68. The van der Waals surface area contributed by atoms with Crippen molar-refractivity contribution in [3.63, 3.8) is 0 Å². The van der Waals surface area contributed by atoms with Gasteiger partial charge in [-0.1, -0.05) is 23.5 Å². The lowest BCUT2D eigenvalue weighted by molar-refractivity contribution is 0.568. The number of halogens is 1. The Morgan fingerprint density at radius 1 is 1.44 bits per heavy atom. The van der Waals surface area contributed by atoms with Crippen molar-refractivity contribution in [3.8, 4) is 10.8 Å². The third-order valence-electron chi connectivity index (χ3n) is 2.14. The number of benzene rings is 1. The van der Waals surface area contributed by atoms with Crippen molar-refractivity contribution in [3.05, 3.63) is 34.0 Å².